The van der Waals surface area contributed by atoms with Crippen LogP contribution in [-0.2, 0) is 12.8 Å². The van der Waals surface area contributed by atoms with E-state index in [1.807, 2.05) is 37.3 Å². The highest BCUT2D eigenvalue weighted by atomic mass is 35.5. The van der Waals surface area contributed by atoms with Crippen LogP contribution in [0.4, 0.5) is 0 Å². The lowest BCUT2D eigenvalue weighted by Crippen LogP contribution is -2.17. The highest BCUT2D eigenvalue weighted by Gasteiger charge is 2.20. The molecule has 1 aliphatic rings. The van der Waals surface area contributed by atoms with Gasteiger partial charge in [-0.05, 0) is 48.2 Å². The van der Waals surface area contributed by atoms with Crippen molar-refractivity contribution in [2.75, 3.05) is 20.8 Å². The van der Waals surface area contributed by atoms with E-state index >= 15 is 0 Å². The zero-order valence-electron chi connectivity index (χ0n) is 16.1. The van der Waals surface area contributed by atoms with Gasteiger partial charge < -0.3 is 13.9 Å². The maximum atomic E-state index is 12.0. The average Bonchev–Trinajstić information content (AvgIpc) is 2.66. The summed E-state index contributed by atoms with van der Waals surface area (Å²) >= 11 is 0. The Hall–Kier alpha value is -2.79. The molecule has 0 N–H and O–H groups in total. The number of rotatable bonds is 4. The van der Waals surface area contributed by atoms with Crippen molar-refractivity contribution >= 4 is 29.1 Å². The zero-order chi connectivity index (χ0) is 19.0. The van der Waals surface area contributed by atoms with Crippen LogP contribution in [0.1, 0.15) is 22.3 Å². The topological polar surface area (TPSA) is 61.0 Å². The fraction of sp³-hybridized carbons (Fsp3) is 0.273. The molecule has 0 radical (unpaired) electrons. The Morgan fingerprint density at radius 3 is 2.57 bits per heavy atom. The van der Waals surface area contributed by atoms with Gasteiger partial charge in [-0.1, -0.05) is 12.1 Å². The third-order valence-corrected chi connectivity index (χ3v) is 4.95. The monoisotopic (exact) mass is 399 g/mol. The number of nitrogens with zero attached hydrogens (tertiary/aromatic N) is 1. The quantitative estimate of drug-likeness (QED) is 0.619. The molecule has 0 atom stereocenters. The molecule has 1 aliphatic heterocycles. The first-order valence-corrected chi connectivity index (χ1v) is 8.91. The van der Waals surface area contributed by atoms with Gasteiger partial charge in [0.25, 0.3) is 0 Å². The van der Waals surface area contributed by atoms with Crippen LogP contribution in [0.2, 0.25) is 0 Å². The Morgan fingerprint density at radius 2 is 1.82 bits per heavy atom. The molecule has 0 unspecified atom stereocenters. The molecule has 146 valence electrons. The Kier molecular flexibility index (Phi) is 5.75. The highest BCUT2D eigenvalue weighted by molar-refractivity contribution is 6.05. The van der Waals surface area contributed by atoms with E-state index in [0.29, 0.717) is 17.8 Å². The molecule has 6 heteroatoms. The molecular weight excluding hydrogens is 378 g/mol. The summed E-state index contributed by atoms with van der Waals surface area (Å²) in [6.07, 6.45) is 1.42. The lowest BCUT2D eigenvalue weighted by Gasteiger charge is -2.20. The summed E-state index contributed by atoms with van der Waals surface area (Å²) in [5.41, 5.74) is 5.42. The molecule has 28 heavy (non-hydrogen) atoms. The molecule has 0 fully saturated rings. The van der Waals surface area contributed by atoms with Crippen molar-refractivity contribution < 1.29 is 13.9 Å². The lowest BCUT2D eigenvalue weighted by atomic mass is 9.92. The second kappa shape index (κ2) is 8.07. The molecular formula is C22H22ClNO4. The molecule has 5 nitrogen and oxygen atoms in total. The van der Waals surface area contributed by atoms with Crippen molar-refractivity contribution in [1.29, 1.82) is 0 Å². The number of methoxy groups -OCH3 is 2. The molecule has 0 amide bonds. The Bertz CT molecular complexity index is 1120. The second-order valence-corrected chi connectivity index (χ2v) is 6.71. The van der Waals surface area contributed by atoms with E-state index in [9.17, 15) is 4.79 Å². The van der Waals surface area contributed by atoms with Gasteiger partial charge >= 0.3 is 5.63 Å². The number of benzene rings is 2. The molecule has 3 aromatic rings. The number of aryl methyl sites for hydroxylation is 1. The average molecular weight is 400 g/mol. The van der Waals surface area contributed by atoms with Gasteiger partial charge in [0.15, 0.2) is 11.5 Å². The molecule has 0 bridgehead atoms. The van der Waals surface area contributed by atoms with Crippen LogP contribution in [0.3, 0.4) is 0 Å². The molecule has 2 heterocycles. The number of fused-ring (bicyclic) bond motifs is 2. The summed E-state index contributed by atoms with van der Waals surface area (Å²) in [6.45, 7) is 2.70. The van der Waals surface area contributed by atoms with Crippen molar-refractivity contribution in [2.24, 2.45) is 4.99 Å². The molecule has 2 aromatic carbocycles. The molecule has 0 spiro atoms. The molecule has 0 aliphatic carbocycles. The van der Waals surface area contributed by atoms with Crippen molar-refractivity contribution in [2.45, 2.75) is 19.8 Å². The lowest BCUT2D eigenvalue weighted by molar-refractivity contribution is 0.354. The second-order valence-electron chi connectivity index (χ2n) is 6.71. The Morgan fingerprint density at radius 1 is 1.07 bits per heavy atom. The first-order valence-electron chi connectivity index (χ1n) is 8.91. The predicted molar refractivity (Wildman–Crippen MR) is 113 cm³/mol. The van der Waals surface area contributed by atoms with Gasteiger partial charge in [0.05, 0.1) is 14.2 Å². The van der Waals surface area contributed by atoms with E-state index in [4.69, 9.17) is 18.9 Å². The van der Waals surface area contributed by atoms with E-state index in [1.165, 1.54) is 5.56 Å². The van der Waals surface area contributed by atoms with Crippen LogP contribution in [0, 0.1) is 6.92 Å². The van der Waals surface area contributed by atoms with E-state index < -0.39 is 0 Å². The van der Waals surface area contributed by atoms with Gasteiger partial charge in [-0.2, -0.15) is 0 Å². The summed E-state index contributed by atoms with van der Waals surface area (Å²) in [5, 5.41) is 0.940. The smallest absolute Gasteiger partial charge is 0.336 e. The summed E-state index contributed by atoms with van der Waals surface area (Å²) in [5.74, 6) is 1.40. The van der Waals surface area contributed by atoms with Gasteiger partial charge in [-0.25, -0.2) is 4.79 Å². The van der Waals surface area contributed by atoms with Crippen LogP contribution in [0.25, 0.3) is 11.0 Å². The van der Waals surface area contributed by atoms with Crippen LogP contribution >= 0.6 is 12.4 Å². The van der Waals surface area contributed by atoms with E-state index in [1.54, 1.807) is 20.3 Å². The number of aliphatic imine (C=N–C) groups is 1. The highest BCUT2D eigenvalue weighted by Crippen LogP contribution is 2.33. The standard InChI is InChI=1S/C22H21NO4.ClH/c1-13-4-5-16-15(11-22(24)27-19(16)8-13)9-18-17-12-21(26-3)20(25-2)10-14(17)6-7-23-18;/h4-5,8,10-12H,6-7,9H2,1-3H3;1H. The normalized spacial score (nSPS) is 12.8. The van der Waals surface area contributed by atoms with Crippen LogP contribution < -0.4 is 15.1 Å². The van der Waals surface area contributed by atoms with Gasteiger partial charge in [0, 0.05) is 35.7 Å². The van der Waals surface area contributed by atoms with Crippen molar-refractivity contribution in [1.82, 2.24) is 0 Å². The number of ether oxygens (including phenoxy) is 2. The summed E-state index contributed by atoms with van der Waals surface area (Å²) in [7, 11) is 3.27. The number of halogens is 1. The molecule has 0 saturated heterocycles. The summed E-state index contributed by atoms with van der Waals surface area (Å²) < 4.78 is 16.3. The van der Waals surface area contributed by atoms with Crippen LogP contribution in [0.5, 0.6) is 11.5 Å². The fourth-order valence-corrected chi connectivity index (χ4v) is 3.61. The van der Waals surface area contributed by atoms with Crippen LogP contribution in [-0.4, -0.2) is 26.5 Å². The molecule has 1 aromatic heterocycles. The van der Waals surface area contributed by atoms with Crippen LogP contribution in [0.15, 0.2) is 50.6 Å². The largest absolute Gasteiger partial charge is 0.493 e. The number of hydrogen-bond acceptors (Lipinski definition) is 5. The maximum Gasteiger partial charge on any atom is 0.336 e. The third kappa shape index (κ3) is 3.62. The fourth-order valence-electron chi connectivity index (χ4n) is 3.61. The predicted octanol–water partition coefficient (Wildman–Crippen LogP) is 4.13. The van der Waals surface area contributed by atoms with Gasteiger partial charge in [-0.3, -0.25) is 4.99 Å². The summed E-state index contributed by atoms with van der Waals surface area (Å²) in [6, 6.07) is 11.5. The van der Waals surface area contributed by atoms with Crippen molar-refractivity contribution in [3.05, 3.63) is 69.1 Å². The Labute approximate surface area is 169 Å². The zero-order valence-corrected chi connectivity index (χ0v) is 16.9. The van der Waals surface area contributed by atoms with Gasteiger partial charge in [-0.15, -0.1) is 12.4 Å². The van der Waals surface area contributed by atoms with Crippen molar-refractivity contribution in [3.8, 4) is 11.5 Å². The van der Waals surface area contributed by atoms with Crippen molar-refractivity contribution in [3.63, 3.8) is 0 Å². The first kappa shape index (κ1) is 20.0. The SMILES string of the molecule is COc1cc2c(cc1OC)C(Cc1cc(=O)oc3cc(C)ccc13)=NCC2.Cl. The minimum Gasteiger partial charge on any atom is -0.493 e. The van der Waals surface area contributed by atoms with Gasteiger partial charge in [0.2, 0.25) is 0 Å². The minimum absolute atomic E-state index is 0. The molecule has 0 saturated carbocycles. The van der Waals surface area contributed by atoms with E-state index in [0.717, 1.165) is 46.5 Å². The third-order valence-electron chi connectivity index (χ3n) is 4.95. The van der Waals surface area contributed by atoms with E-state index in [2.05, 4.69) is 0 Å². The van der Waals surface area contributed by atoms with E-state index in [-0.39, 0.29) is 18.0 Å². The summed E-state index contributed by atoms with van der Waals surface area (Å²) in [4.78, 5) is 16.8. The Balaban J connectivity index is 0.00000225. The number of hydrogen-bond donors (Lipinski definition) is 0. The first-order chi connectivity index (χ1) is 13.1. The minimum atomic E-state index is -0.341. The van der Waals surface area contributed by atoms with Gasteiger partial charge in [0.1, 0.15) is 5.58 Å². The maximum absolute atomic E-state index is 12.0. The molecule has 4 rings (SSSR count).